The molecule has 7 heteroatoms. The van der Waals surface area contributed by atoms with Gasteiger partial charge in [0.25, 0.3) is 0 Å². The molecule has 0 spiro atoms. The summed E-state index contributed by atoms with van der Waals surface area (Å²) in [6.45, 7) is 6.52. The van der Waals surface area contributed by atoms with Gasteiger partial charge >= 0.3 is 5.97 Å². The second-order valence-corrected chi connectivity index (χ2v) is 9.42. The van der Waals surface area contributed by atoms with E-state index in [4.69, 9.17) is 9.84 Å². The molecule has 1 aromatic rings. The maximum Gasteiger partial charge on any atom is 0.302 e. The number of esters is 1. The van der Waals surface area contributed by atoms with E-state index in [2.05, 4.69) is 30.8 Å². The average Bonchev–Trinajstić information content (AvgIpc) is 2.69. The van der Waals surface area contributed by atoms with Crippen molar-refractivity contribution >= 4 is 23.6 Å². The van der Waals surface area contributed by atoms with E-state index >= 15 is 0 Å². The van der Waals surface area contributed by atoms with Gasteiger partial charge in [-0.25, -0.2) is 5.43 Å². The molecule has 1 amide bonds. The lowest BCUT2D eigenvalue weighted by molar-refractivity contribution is -0.141. The first-order valence-electron chi connectivity index (χ1n) is 10.7. The highest BCUT2D eigenvalue weighted by molar-refractivity contribution is 7.99. The molecule has 0 saturated carbocycles. The summed E-state index contributed by atoms with van der Waals surface area (Å²) >= 11 is 1.77. The zero-order chi connectivity index (χ0) is 22.4. The lowest BCUT2D eigenvalue weighted by Gasteiger charge is -2.25. The Morgan fingerprint density at radius 2 is 2.03 bits per heavy atom. The fraction of sp³-hybridized carbons (Fsp3) is 0.652. The minimum Gasteiger partial charge on any atom is -0.466 e. The molecular formula is C23H38N2O4S. The summed E-state index contributed by atoms with van der Waals surface area (Å²) in [7, 11) is 1.70. The molecule has 1 atom stereocenters. The molecule has 1 aromatic carbocycles. The highest BCUT2D eigenvalue weighted by Gasteiger charge is 2.23. The van der Waals surface area contributed by atoms with Crippen molar-refractivity contribution in [2.24, 2.45) is 5.41 Å². The number of amides is 1. The molecule has 0 aliphatic rings. The number of carbonyl (C=O) groups is 2. The fourth-order valence-corrected chi connectivity index (χ4v) is 4.36. The first-order valence-corrected chi connectivity index (χ1v) is 11.8. The van der Waals surface area contributed by atoms with Crippen molar-refractivity contribution in [2.75, 3.05) is 31.8 Å². The Balaban J connectivity index is 2.72. The largest absolute Gasteiger partial charge is 0.466 e. The van der Waals surface area contributed by atoms with Crippen molar-refractivity contribution < 1.29 is 19.4 Å². The van der Waals surface area contributed by atoms with E-state index in [9.17, 15) is 9.59 Å². The van der Waals surface area contributed by atoms with E-state index in [1.165, 1.54) is 6.92 Å². The number of hydrazine groups is 1. The number of aliphatic hydroxyl groups is 1. The molecule has 30 heavy (non-hydrogen) atoms. The van der Waals surface area contributed by atoms with E-state index in [-0.39, 0.29) is 29.8 Å². The molecule has 0 aliphatic heterocycles. The topological polar surface area (TPSA) is 87.7 Å². The molecule has 1 rings (SSSR count). The summed E-state index contributed by atoms with van der Waals surface area (Å²) in [6.07, 6.45) is 4.31. The molecule has 170 valence electrons. The third-order valence-electron chi connectivity index (χ3n) is 4.91. The van der Waals surface area contributed by atoms with Gasteiger partial charge in [0.05, 0.1) is 19.1 Å². The molecule has 3 N–H and O–H groups in total. The molecule has 0 radical (unpaired) electrons. The molecule has 0 bridgehead atoms. The number of hydrogen-bond acceptors (Lipinski definition) is 6. The third-order valence-corrected chi connectivity index (χ3v) is 6.36. The van der Waals surface area contributed by atoms with Crippen LogP contribution in [-0.4, -0.2) is 48.8 Å². The molecule has 0 saturated heterocycles. The highest BCUT2D eigenvalue weighted by Crippen LogP contribution is 2.31. The number of aliphatic hydroxyl groups excluding tert-OH is 1. The van der Waals surface area contributed by atoms with Gasteiger partial charge in [-0.1, -0.05) is 44.5 Å². The maximum absolute atomic E-state index is 12.7. The smallest absolute Gasteiger partial charge is 0.302 e. The standard InChI is InChI=1S/C23H38N2O4S/c1-18(27)29-14-7-9-19-8-5-10-20(16-19)21(22(28)25-24-4)11-6-12-23(2,3)17-30-15-13-26/h5,8,10,16,21,24,26H,6-7,9,11-15,17H2,1-4H3,(H,25,28). The number of benzene rings is 1. The van der Waals surface area contributed by atoms with Crippen molar-refractivity contribution in [1.29, 1.82) is 0 Å². The van der Waals surface area contributed by atoms with Gasteiger partial charge in [-0.3, -0.25) is 15.0 Å². The predicted octanol–water partition coefficient (Wildman–Crippen LogP) is 3.44. The second-order valence-electron chi connectivity index (χ2n) is 8.31. The minimum absolute atomic E-state index is 0.0259. The van der Waals surface area contributed by atoms with Crippen LogP contribution in [0.15, 0.2) is 24.3 Å². The van der Waals surface area contributed by atoms with Crippen LogP contribution in [0.2, 0.25) is 0 Å². The Morgan fingerprint density at radius 1 is 1.27 bits per heavy atom. The summed E-state index contributed by atoms with van der Waals surface area (Å²) in [5.41, 5.74) is 7.81. The van der Waals surface area contributed by atoms with Crippen LogP contribution in [0.1, 0.15) is 63.5 Å². The lowest BCUT2D eigenvalue weighted by Crippen LogP contribution is -2.38. The minimum atomic E-state index is -0.259. The number of carbonyl (C=O) groups excluding carboxylic acids is 2. The second kappa shape index (κ2) is 14.4. The van der Waals surface area contributed by atoms with Gasteiger partial charge in [-0.05, 0) is 48.0 Å². The summed E-state index contributed by atoms with van der Waals surface area (Å²) in [5.74, 6) is 1.26. The summed E-state index contributed by atoms with van der Waals surface area (Å²) in [4.78, 5) is 23.6. The van der Waals surface area contributed by atoms with Crippen LogP contribution in [0, 0.1) is 5.41 Å². The van der Waals surface area contributed by atoms with Crippen molar-refractivity contribution in [2.45, 2.75) is 58.8 Å². The summed E-state index contributed by atoms with van der Waals surface area (Å²) < 4.78 is 5.00. The van der Waals surface area contributed by atoms with Crippen LogP contribution in [0.25, 0.3) is 0 Å². The van der Waals surface area contributed by atoms with Gasteiger partial charge in [0.15, 0.2) is 0 Å². The normalized spacial score (nSPS) is 12.4. The van der Waals surface area contributed by atoms with Crippen molar-refractivity contribution in [1.82, 2.24) is 10.9 Å². The number of hydrogen-bond donors (Lipinski definition) is 3. The Hall–Kier alpha value is -1.57. The van der Waals surface area contributed by atoms with Crippen LogP contribution in [0.3, 0.4) is 0 Å². The van der Waals surface area contributed by atoms with E-state index < -0.39 is 0 Å². The Bertz CT molecular complexity index is 652. The van der Waals surface area contributed by atoms with Gasteiger partial charge in [-0.2, -0.15) is 11.8 Å². The Morgan fingerprint density at radius 3 is 2.70 bits per heavy atom. The summed E-state index contributed by atoms with van der Waals surface area (Å²) in [5, 5.41) is 8.97. The van der Waals surface area contributed by atoms with Gasteiger partial charge in [0.2, 0.25) is 5.91 Å². The van der Waals surface area contributed by atoms with E-state index in [0.717, 1.165) is 54.7 Å². The lowest BCUT2D eigenvalue weighted by atomic mass is 9.85. The highest BCUT2D eigenvalue weighted by atomic mass is 32.2. The number of ether oxygens (including phenoxy) is 1. The molecule has 0 aliphatic carbocycles. The average molecular weight is 439 g/mol. The van der Waals surface area contributed by atoms with E-state index in [1.54, 1.807) is 18.8 Å². The van der Waals surface area contributed by atoms with Crippen LogP contribution in [0.5, 0.6) is 0 Å². The van der Waals surface area contributed by atoms with Crippen molar-refractivity contribution in [3.63, 3.8) is 0 Å². The predicted molar refractivity (Wildman–Crippen MR) is 123 cm³/mol. The Labute approximate surface area is 185 Å². The van der Waals surface area contributed by atoms with Crippen LogP contribution in [-0.2, 0) is 20.7 Å². The van der Waals surface area contributed by atoms with Crippen LogP contribution >= 0.6 is 11.8 Å². The van der Waals surface area contributed by atoms with E-state index in [1.807, 2.05) is 18.2 Å². The Kier molecular flexibility index (Phi) is 12.7. The molecular weight excluding hydrogens is 400 g/mol. The first-order chi connectivity index (χ1) is 14.3. The fourth-order valence-electron chi connectivity index (χ4n) is 3.39. The molecule has 6 nitrogen and oxygen atoms in total. The maximum atomic E-state index is 12.7. The van der Waals surface area contributed by atoms with Gasteiger partial charge in [0, 0.05) is 19.7 Å². The zero-order valence-electron chi connectivity index (χ0n) is 18.8. The molecule has 0 heterocycles. The summed E-state index contributed by atoms with van der Waals surface area (Å²) in [6, 6.07) is 8.14. The zero-order valence-corrected chi connectivity index (χ0v) is 19.6. The number of thioether (sulfide) groups is 1. The SMILES string of the molecule is CNNC(=O)C(CCCC(C)(C)CSCCO)c1cccc(CCCOC(C)=O)c1. The molecule has 0 fully saturated rings. The monoisotopic (exact) mass is 438 g/mol. The number of nitrogens with one attached hydrogen (secondary N) is 2. The van der Waals surface area contributed by atoms with Crippen LogP contribution < -0.4 is 10.9 Å². The van der Waals surface area contributed by atoms with Gasteiger partial charge in [-0.15, -0.1) is 0 Å². The van der Waals surface area contributed by atoms with E-state index in [0.29, 0.717) is 6.61 Å². The quantitative estimate of drug-likeness (QED) is 0.221. The molecule has 0 aromatic heterocycles. The van der Waals surface area contributed by atoms with Crippen molar-refractivity contribution in [3.8, 4) is 0 Å². The van der Waals surface area contributed by atoms with Crippen molar-refractivity contribution in [3.05, 3.63) is 35.4 Å². The van der Waals surface area contributed by atoms with Gasteiger partial charge in [0.1, 0.15) is 0 Å². The van der Waals surface area contributed by atoms with Gasteiger partial charge < -0.3 is 9.84 Å². The third kappa shape index (κ3) is 11.0. The van der Waals surface area contributed by atoms with Crippen LogP contribution in [0.4, 0.5) is 0 Å². The number of aryl methyl sites for hydroxylation is 1. The number of rotatable bonds is 15. The first kappa shape index (κ1) is 26.5. The molecule has 1 unspecified atom stereocenters.